The molecule has 184 valence electrons. The van der Waals surface area contributed by atoms with E-state index in [1.807, 2.05) is 10.9 Å². The van der Waals surface area contributed by atoms with Gasteiger partial charge in [-0.3, -0.25) is 9.48 Å². The summed E-state index contributed by atoms with van der Waals surface area (Å²) in [6, 6.07) is 5.02. The second-order valence-electron chi connectivity index (χ2n) is 8.80. The lowest BCUT2D eigenvalue weighted by Gasteiger charge is -2.26. The van der Waals surface area contributed by atoms with Gasteiger partial charge in [-0.15, -0.1) is 0 Å². The number of likely N-dealkylation sites (tertiary alicyclic amines) is 1. The first-order valence-corrected chi connectivity index (χ1v) is 12.6. The first-order chi connectivity index (χ1) is 17.0. The normalized spacial score (nSPS) is 16.2. The summed E-state index contributed by atoms with van der Waals surface area (Å²) in [5, 5.41) is 11.0. The smallest absolute Gasteiger partial charge is 0.262 e. The van der Waals surface area contributed by atoms with Crippen molar-refractivity contribution in [2.45, 2.75) is 44.8 Å². The fraction of sp³-hybridized carbons (Fsp3) is 0.417. The van der Waals surface area contributed by atoms with E-state index < -0.39 is 5.91 Å². The van der Waals surface area contributed by atoms with Crippen molar-refractivity contribution < 1.29 is 9.53 Å². The van der Waals surface area contributed by atoms with Gasteiger partial charge in [-0.2, -0.15) is 10.1 Å². The fourth-order valence-electron chi connectivity index (χ4n) is 3.92. The number of halogens is 2. The van der Waals surface area contributed by atoms with E-state index in [0.717, 1.165) is 44.7 Å². The molecule has 5 rings (SSSR count). The summed E-state index contributed by atoms with van der Waals surface area (Å²) in [6.45, 7) is 4.12. The van der Waals surface area contributed by atoms with Gasteiger partial charge in [0.15, 0.2) is 0 Å². The average Bonchev–Trinajstić information content (AvgIpc) is 3.56. The maximum absolute atomic E-state index is 13.0. The Balaban J connectivity index is 1.27. The number of para-hydroxylation sites is 1. The molecule has 1 aromatic carbocycles. The van der Waals surface area contributed by atoms with E-state index in [1.54, 1.807) is 24.4 Å². The zero-order valence-electron chi connectivity index (χ0n) is 19.2. The molecule has 0 atom stereocenters. The Labute approximate surface area is 213 Å². The lowest BCUT2D eigenvalue weighted by molar-refractivity contribution is 0.102. The highest BCUT2D eigenvalue weighted by atomic mass is 35.5. The molecule has 0 radical (unpaired) electrons. The summed E-state index contributed by atoms with van der Waals surface area (Å²) >= 11 is 12.4. The Morgan fingerprint density at radius 3 is 2.60 bits per heavy atom. The van der Waals surface area contributed by atoms with Gasteiger partial charge in [0.05, 0.1) is 34.2 Å². The van der Waals surface area contributed by atoms with Gasteiger partial charge < -0.3 is 20.3 Å². The molecule has 3 heterocycles. The highest BCUT2D eigenvalue weighted by Crippen LogP contribution is 2.32. The number of amides is 1. The van der Waals surface area contributed by atoms with Crippen LogP contribution in [0.25, 0.3) is 0 Å². The van der Waals surface area contributed by atoms with Crippen molar-refractivity contribution in [1.29, 1.82) is 0 Å². The molecule has 3 aromatic rings. The fourth-order valence-corrected chi connectivity index (χ4v) is 4.41. The molecule has 0 spiro atoms. The summed E-state index contributed by atoms with van der Waals surface area (Å²) in [6.07, 6.45) is 10.9. The number of nitrogens with zero attached hydrogens (tertiary/aromatic N) is 5. The number of carbonyl (C=O) groups excluding carboxylic acids is 1. The number of aromatic nitrogens is 4. The van der Waals surface area contributed by atoms with Gasteiger partial charge in [0, 0.05) is 18.9 Å². The summed E-state index contributed by atoms with van der Waals surface area (Å²) in [5.41, 5.74) is 1.30. The van der Waals surface area contributed by atoms with E-state index in [4.69, 9.17) is 27.9 Å². The SMILES string of the molecule is O=C(Nc1c(Cl)cccc1Cl)c1cnc(Nc2cnn(CCN3CCCCC3)c2)nc1OC1CC1. The number of benzene rings is 1. The predicted octanol–water partition coefficient (Wildman–Crippen LogP) is 5.00. The van der Waals surface area contributed by atoms with Gasteiger partial charge in [0.2, 0.25) is 11.8 Å². The van der Waals surface area contributed by atoms with Crippen LogP contribution in [0.3, 0.4) is 0 Å². The van der Waals surface area contributed by atoms with E-state index in [0.29, 0.717) is 21.7 Å². The third-order valence-corrected chi connectivity index (χ3v) is 6.62. The van der Waals surface area contributed by atoms with Gasteiger partial charge in [-0.25, -0.2) is 4.98 Å². The second-order valence-corrected chi connectivity index (χ2v) is 9.61. The molecule has 1 aliphatic carbocycles. The van der Waals surface area contributed by atoms with Crippen LogP contribution in [0, 0.1) is 0 Å². The summed E-state index contributed by atoms with van der Waals surface area (Å²) in [4.78, 5) is 24.3. The molecule has 2 N–H and O–H groups in total. The molecular weight excluding hydrogens is 489 g/mol. The summed E-state index contributed by atoms with van der Waals surface area (Å²) in [5.74, 6) is 0.0828. The monoisotopic (exact) mass is 515 g/mol. The van der Waals surface area contributed by atoms with Crippen LogP contribution in [0.4, 0.5) is 17.3 Å². The van der Waals surface area contributed by atoms with Crippen LogP contribution in [0.5, 0.6) is 5.88 Å². The van der Waals surface area contributed by atoms with Crippen LogP contribution >= 0.6 is 23.2 Å². The summed E-state index contributed by atoms with van der Waals surface area (Å²) in [7, 11) is 0. The van der Waals surface area contributed by atoms with Crippen molar-refractivity contribution in [3.05, 3.63) is 52.4 Å². The highest BCUT2D eigenvalue weighted by Gasteiger charge is 2.28. The average molecular weight is 516 g/mol. The predicted molar refractivity (Wildman–Crippen MR) is 136 cm³/mol. The lowest BCUT2D eigenvalue weighted by atomic mass is 10.1. The Hall–Kier alpha value is -2.88. The number of carbonyl (C=O) groups is 1. The first-order valence-electron chi connectivity index (χ1n) is 11.9. The van der Waals surface area contributed by atoms with Gasteiger partial charge in [-0.1, -0.05) is 35.7 Å². The molecule has 1 amide bonds. The van der Waals surface area contributed by atoms with Gasteiger partial charge in [0.1, 0.15) is 11.7 Å². The van der Waals surface area contributed by atoms with Crippen molar-refractivity contribution >= 4 is 46.4 Å². The zero-order chi connectivity index (χ0) is 24.2. The largest absolute Gasteiger partial charge is 0.474 e. The molecular formula is C24H27Cl2N7O2. The van der Waals surface area contributed by atoms with Crippen LogP contribution in [0.2, 0.25) is 10.0 Å². The number of rotatable bonds is 9. The minimum atomic E-state index is -0.451. The van der Waals surface area contributed by atoms with Crippen molar-refractivity contribution in [2.75, 3.05) is 30.3 Å². The standard InChI is InChI=1S/C24H27Cl2N7O2/c25-19-5-4-6-20(26)21(19)30-22(34)18-14-27-24(31-23(18)35-17-7-8-17)29-16-13-28-33(15-16)12-11-32-9-2-1-3-10-32/h4-6,13-15,17H,1-3,7-12H2,(H,30,34)(H,27,29,31). The molecule has 2 aliphatic rings. The lowest BCUT2D eigenvalue weighted by Crippen LogP contribution is -2.32. The van der Waals surface area contributed by atoms with Crippen LogP contribution in [0.1, 0.15) is 42.5 Å². The van der Waals surface area contributed by atoms with Crippen LogP contribution in [-0.2, 0) is 6.54 Å². The molecule has 1 aliphatic heterocycles. The van der Waals surface area contributed by atoms with Crippen molar-refractivity contribution in [3.63, 3.8) is 0 Å². The Morgan fingerprint density at radius 2 is 1.86 bits per heavy atom. The third kappa shape index (κ3) is 6.22. The van der Waals surface area contributed by atoms with Gasteiger partial charge in [0.25, 0.3) is 5.91 Å². The number of hydrogen-bond acceptors (Lipinski definition) is 7. The highest BCUT2D eigenvalue weighted by molar-refractivity contribution is 6.40. The topological polar surface area (TPSA) is 97.2 Å². The maximum atomic E-state index is 13.0. The minimum Gasteiger partial charge on any atom is -0.474 e. The first kappa shape index (κ1) is 23.8. The van der Waals surface area contributed by atoms with E-state index in [9.17, 15) is 4.79 Å². The van der Waals surface area contributed by atoms with E-state index in [2.05, 4.69) is 30.6 Å². The maximum Gasteiger partial charge on any atom is 0.262 e. The molecule has 2 fully saturated rings. The van der Waals surface area contributed by atoms with Crippen LogP contribution in [0.15, 0.2) is 36.8 Å². The number of anilines is 3. The van der Waals surface area contributed by atoms with Gasteiger partial charge in [-0.05, 0) is 50.9 Å². The quantitative estimate of drug-likeness (QED) is 0.413. The molecule has 1 saturated carbocycles. The number of nitrogens with one attached hydrogen (secondary N) is 2. The molecule has 0 bridgehead atoms. The minimum absolute atomic E-state index is 0.0470. The van der Waals surface area contributed by atoms with Crippen molar-refractivity contribution in [3.8, 4) is 5.88 Å². The van der Waals surface area contributed by atoms with Crippen LogP contribution in [-0.4, -0.2) is 56.3 Å². The second kappa shape index (κ2) is 10.8. The summed E-state index contributed by atoms with van der Waals surface area (Å²) < 4.78 is 7.83. The Kier molecular flexibility index (Phi) is 7.36. The van der Waals surface area contributed by atoms with E-state index in [1.165, 1.54) is 25.5 Å². The molecule has 9 nitrogen and oxygen atoms in total. The number of ether oxygens (including phenoxy) is 1. The molecule has 0 unspecified atom stereocenters. The van der Waals surface area contributed by atoms with Gasteiger partial charge >= 0.3 is 0 Å². The van der Waals surface area contributed by atoms with E-state index >= 15 is 0 Å². The van der Waals surface area contributed by atoms with Crippen molar-refractivity contribution in [1.82, 2.24) is 24.6 Å². The Morgan fingerprint density at radius 1 is 1.09 bits per heavy atom. The number of hydrogen-bond donors (Lipinski definition) is 2. The molecule has 35 heavy (non-hydrogen) atoms. The zero-order valence-corrected chi connectivity index (χ0v) is 20.7. The molecule has 2 aromatic heterocycles. The number of piperidine rings is 1. The third-order valence-electron chi connectivity index (χ3n) is 5.99. The Bertz CT molecular complexity index is 1170. The van der Waals surface area contributed by atoms with Crippen molar-refractivity contribution in [2.24, 2.45) is 0 Å². The van der Waals surface area contributed by atoms with E-state index in [-0.39, 0.29) is 17.5 Å². The molecule has 1 saturated heterocycles. The van der Waals surface area contributed by atoms with Crippen LogP contribution < -0.4 is 15.4 Å². The molecule has 11 heteroatoms.